The van der Waals surface area contributed by atoms with Crippen molar-refractivity contribution in [3.8, 4) is 0 Å². The molecule has 0 bridgehead atoms. The molecule has 1 heterocycles. The fourth-order valence-electron chi connectivity index (χ4n) is 3.20. The Morgan fingerprint density at radius 2 is 1.52 bits per heavy atom. The largest absolute Gasteiger partial charge is 0.378 e. The zero-order valence-corrected chi connectivity index (χ0v) is 15.4. The minimum Gasteiger partial charge on any atom is -0.378 e. The lowest BCUT2D eigenvalue weighted by Gasteiger charge is -2.32. The second-order valence-corrected chi connectivity index (χ2v) is 7.87. The number of rotatable bonds is 3. The molecule has 1 aliphatic carbocycles. The van der Waals surface area contributed by atoms with Gasteiger partial charge in [0.15, 0.2) is 0 Å². The minimum atomic E-state index is -3.89. The van der Waals surface area contributed by atoms with Crippen LogP contribution in [0.2, 0.25) is 0 Å². The van der Waals surface area contributed by atoms with Crippen molar-refractivity contribution in [2.24, 2.45) is 4.40 Å². The molecule has 0 unspecified atom stereocenters. The highest BCUT2D eigenvalue weighted by Crippen LogP contribution is 2.26. The zero-order valence-electron chi connectivity index (χ0n) is 14.5. The molecule has 1 aliphatic heterocycles. The molecule has 0 aromatic heterocycles. The number of morpholine rings is 1. The highest BCUT2D eigenvalue weighted by atomic mass is 32.2. The second-order valence-electron chi connectivity index (χ2n) is 6.27. The monoisotopic (exact) mass is 382 g/mol. The van der Waals surface area contributed by atoms with Crippen LogP contribution in [0.4, 0.5) is 0 Å². The van der Waals surface area contributed by atoms with Gasteiger partial charge in [0.25, 0.3) is 10.0 Å². The molecule has 1 fully saturated rings. The molecule has 2 aliphatic rings. The molecule has 2 aromatic carbocycles. The van der Waals surface area contributed by atoms with E-state index >= 15 is 0 Å². The third-order valence-corrected chi connectivity index (χ3v) is 5.87. The molecule has 2 aromatic rings. The van der Waals surface area contributed by atoms with E-state index in [9.17, 15) is 13.2 Å². The van der Waals surface area contributed by atoms with E-state index in [-0.39, 0.29) is 16.4 Å². The Hall–Kier alpha value is -2.77. The summed E-state index contributed by atoms with van der Waals surface area (Å²) in [5.41, 5.74) is 1.72. The van der Waals surface area contributed by atoms with E-state index in [1.165, 1.54) is 12.1 Å². The summed E-state index contributed by atoms with van der Waals surface area (Å²) in [6, 6.07) is 15.0. The summed E-state index contributed by atoms with van der Waals surface area (Å²) in [4.78, 5) is 15.0. The number of nitrogens with zero attached hydrogens (tertiary/aromatic N) is 2. The van der Waals surface area contributed by atoms with Gasteiger partial charge in [-0.3, -0.25) is 4.79 Å². The van der Waals surface area contributed by atoms with Crippen molar-refractivity contribution in [1.82, 2.24) is 4.90 Å². The third kappa shape index (κ3) is 3.43. The molecule has 0 saturated carbocycles. The first kappa shape index (κ1) is 17.6. The summed E-state index contributed by atoms with van der Waals surface area (Å²) in [5, 5.41) is 0. The molecule has 0 radical (unpaired) electrons. The van der Waals surface area contributed by atoms with Crippen LogP contribution in [0.15, 0.2) is 75.7 Å². The molecule has 7 heteroatoms. The standard InChI is InChI=1S/C20H18N2O4S/c23-20-17-9-5-4-8-16(17)18(14-19(20)22-10-12-26-13-11-22)21-27(24,25)15-6-2-1-3-7-15/h1-9,14H,10-13H2/b21-18-. The van der Waals surface area contributed by atoms with Gasteiger partial charge in [-0.2, -0.15) is 12.8 Å². The predicted octanol–water partition coefficient (Wildman–Crippen LogP) is 2.28. The van der Waals surface area contributed by atoms with Crippen LogP contribution >= 0.6 is 0 Å². The number of hydrogen-bond acceptors (Lipinski definition) is 5. The van der Waals surface area contributed by atoms with Crippen molar-refractivity contribution in [3.63, 3.8) is 0 Å². The number of ether oxygens (including phenoxy) is 1. The Morgan fingerprint density at radius 3 is 2.22 bits per heavy atom. The van der Waals surface area contributed by atoms with Gasteiger partial charge in [0.05, 0.1) is 29.5 Å². The van der Waals surface area contributed by atoms with Crippen molar-refractivity contribution >= 4 is 21.5 Å². The van der Waals surface area contributed by atoms with Gasteiger partial charge in [-0.05, 0) is 18.2 Å². The first-order chi connectivity index (χ1) is 13.1. The van der Waals surface area contributed by atoms with Crippen molar-refractivity contribution < 1.29 is 17.9 Å². The Bertz CT molecular complexity index is 1040. The van der Waals surface area contributed by atoms with Crippen LogP contribution < -0.4 is 0 Å². The fraction of sp³-hybridized carbons (Fsp3) is 0.200. The average Bonchev–Trinajstić information content (AvgIpc) is 2.71. The molecule has 0 atom stereocenters. The summed E-state index contributed by atoms with van der Waals surface area (Å²) in [7, 11) is -3.89. The smallest absolute Gasteiger partial charge is 0.282 e. The number of ketones is 1. The Morgan fingerprint density at radius 1 is 0.889 bits per heavy atom. The molecular weight excluding hydrogens is 364 g/mol. The number of hydrogen-bond donors (Lipinski definition) is 0. The fourth-order valence-corrected chi connectivity index (χ4v) is 4.22. The van der Waals surface area contributed by atoms with Crippen LogP contribution in [0.25, 0.3) is 0 Å². The van der Waals surface area contributed by atoms with Crippen LogP contribution in [-0.4, -0.2) is 51.1 Å². The number of fused-ring (bicyclic) bond motifs is 1. The highest BCUT2D eigenvalue weighted by molar-refractivity contribution is 7.90. The van der Waals surface area contributed by atoms with Gasteiger partial charge < -0.3 is 9.64 Å². The van der Waals surface area contributed by atoms with E-state index in [2.05, 4.69) is 4.40 Å². The Balaban J connectivity index is 1.84. The third-order valence-electron chi connectivity index (χ3n) is 4.57. The summed E-state index contributed by atoms with van der Waals surface area (Å²) < 4.78 is 34.9. The van der Waals surface area contributed by atoms with E-state index in [0.29, 0.717) is 43.1 Å². The lowest BCUT2D eigenvalue weighted by Crippen LogP contribution is -2.39. The number of carbonyl (C=O) groups is 1. The summed E-state index contributed by atoms with van der Waals surface area (Å²) in [6.45, 7) is 2.22. The van der Waals surface area contributed by atoms with Crippen LogP contribution in [0.5, 0.6) is 0 Å². The zero-order chi connectivity index (χ0) is 18.9. The molecule has 0 N–H and O–H groups in total. The van der Waals surface area contributed by atoms with Gasteiger partial charge in [-0.25, -0.2) is 0 Å². The van der Waals surface area contributed by atoms with Crippen LogP contribution in [-0.2, 0) is 14.8 Å². The maximum atomic E-state index is 12.9. The quantitative estimate of drug-likeness (QED) is 0.814. The van der Waals surface area contributed by atoms with E-state index in [1.807, 2.05) is 4.90 Å². The van der Waals surface area contributed by atoms with Gasteiger partial charge in [-0.15, -0.1) is 0 Å². The lowest BCUT2D eigenvalue weighted by atomic mass is 9.91. The van der Waals surface area contributed by atoms with Gasteiger partial charge >= 0.3 is 0 Å². The number of benzene rings is 2. The van der Waals surface area contributed by atoms with E-state index < -0.39 is 10.0 Å². The maximum Gasteiger partial charge on any atom is 0.282 e. The van der Waals surface area contributed by atoms with Gasteiger partial charge in [0, 0.05) is 24.2 Å². The molecule has 0 spiro atoms. The average molecular weight is 382 g/mol. The normalized spacial score (nSPS) is 19.0. The number of carbonyl (C=O) groups excluding carboxylic acids is 1. The van der Waals surface area contributed by atoms with Crippen molar-refractivity contribution in [1.29, 1.82) is 0 Å². The van der Waals surface area contributed by atoms with Gasteiger partial charge in [-0.1, -0.05) is 42.5 Å². The number of allylic oxidation sites excluding steroid dienone is 2. The van der Waals surface area contributed by atoms with Gasteiger partial charge in [0.1, 0.15) is 0 Å². The molecule has 4 rings (SSSR count). The Kier molecular flexibility index (Phi) is 4.63. The topological polar surface area (TPSA) is 76.0 Å². The highest BCUT2D eigenvalue weighted by Gasteiger charge is 2.29. The molecule has 0 amide bonds. The summed E-state index contributed by atoms with van der Waals surface area (Å²) in [5.74, 6) is -0.122. The minimum absolute atomic E-state index is 0.119. The van der Waals surface area contributed by atoms with E-state index in [4.69, 9.17) is 4.74 Å². The Labute approximate surface area is 157 Å². The van der Waals surface area contributed by atoms with Crippen LogP contribution in [0, 0.1) is 0 Å². The van der Waals surface area contributed by atoms with E-state index in [1.54, 1.807) is 48.5 Å². The molecule has 138 valence electrons. The molecule has 6 nitrogen and oxygen atoms in total. The lowest BCUT2D eigenvalue weighted by molar-refractivity contribution is 0.0507. The van der Waals surface area contributed by atoms with Crippen LogP contribution in [0.1, 0.15) is 15.9 Å². The predicted molar refractivity (Wildman–Crippen MR) is 101 cm³/mol. The maximum absolute atomic E-state index is 12.9. The first-order valence-electron chi connectivity index (χ1n) is 8.65. The SMILES string of the molecule is O=C1C(N2CCOCC2)=C/C(=N/S(=O)(=O)c2ccccc2)c2ccccc21. The molecule has 27 heavy (non-hydrogen) atoms. The molecular formula is C20H18N2O4S. The van der Waals surface area contributed by atoms with Gasteiger partial charge in [0.2, 0.25) is 5.78 Å². The summed E-state index contributed by atoms with van der Waals surface area (Å²) >= 11 is 0. The van der Waals surface area contributed by atoms with Crippen molar-refractivity contribution in [3.05, 3.63) is 77.5 Å². The number of Topliss-reactive ketones (excluding diaryl/α,β-unsaturated/α-hetero) is 1. The van der Waals surface area contributed by atoms with Crippen LogP contribution in [0.3, 0.4) is 0 Å². The number of sulfonamides is 1. The summed E-state index contributed by atoms with van der Waals surface area (Å²) in [6.07, 6.45) is 1.58. The van der Waals surface area contributed by atoms with Crippen molar-refractivity contribution in [2.75, 3.05) is 26.3 Å². The molecule has 1 saturated heterocycles. The van der Waals surface area contributed by atoms with E-state index in [0.717, 1.165) is 0 Å². The van der Waals surface area contributed by atoms with Crippen molar-refractivity contribution in [2.45, 2.75) is 4.90 Å². The second kappa shape index (κ2) is 7.09. The first-order valence-corrected chi connectivity index (χ1v) is 10.1.